The maximum Gasteiger partial charge on any atom is 0.153 e. The van der Waals surface area contributed by atoms with Gasteiger partial charge in [0.05, 0.1) is 5.75 Å². The summed E-state index contributed by atoms with van der Waals surface area (Å²) in [5.41, 5.74) is 2.83. The van der Waals surface area contributed by atoms with E-state index in [9.17, 15) is 8.42 Å². The summed E-state index contributed by atoms with van der Waals surface area (Å²) in [5.74, 6) is -0.284. The zero-order chi connectivity index (χ0) is 14.6. The lowest BCUT2D eigenvalue weighted by Crippen LogP contribution is -2.15. The molecule has 0 spiro atoms. The van der Waals surface area contributed by atoms with Gasteiger partial charge in [-0.05, 0) is 11.1 Å². The van der Waals surface area contributed by atoms with Crippen LogP contribution in [0.3, 0.4) is 0 Å². The SMILES string of the molecule is CS(=O)(=O)C/C(=N/O)c1ccc(-c2ccccc2)cc1. The molecule has 4 nitrogen and oxygen atoms in total. The number of sulfone groups is 1. The number of nitrogens with zero attached hydrogens (tertiary/aromatic N) is 1. The lowest BCUT2D eigenvalue weighted by atomic mass is 10.0. The van der Waals surface area contributed by atoms with Crippen LogP contribution in [0.5, 0.6) is 0 Å². The molecule has 0 bridgehead atoms. The van der Waals surface area contributed by atoms with E-state index in [2.05, 4.69) is 5.16 Å². The summed E-state index contributed by atoms with van der Waals surface area (Å²) >= 11 is 0. The fraction of sp³-hybridized carbons (Fsp3) is 0.133. The molecule has 2 aromatic rings. The summed E-state index contributed by atoms with van der Waals surface area (Å²) in [6, 6.07) is 17.1. The third-order valence-electron chi connectivity index (χ3n) is 2.84. The molecule has 0 heterocycles. The van der Waals surface area contributed by atoms with E-state index >= 15 is 0 Å². The van der Waals surface area contributed by atoms with Crippen molar-refractivity contribution < 1.29 is 13.6 Å². The molecule has 0 amide bonds. The smallest absolute Gasteiger partial charge is 0.153 e. The molecular weight excluding hydrogens is 274 g/mol. The molecule has 0 fully saturated rings. The van der Waals surface area contributed by atoms with Gasteiger partial charge in [0, 0.05) is 11.8 Å². The Morgan fingerprint density at radius 3 is 2.05 bits per heavy atom. The average molecular weight is 289 g/mol. The van der Waals surface area contributed by atoms with Crippen molar-refractivity contribution in [2.24, 2.45) is 5.16 Å². The van der Waals surface area contributed by atoms with Gasteiger partial charge in [0.15, 0.2) is 9.84 Å². The molecule has 104 valence electrons. The normalized spacial score (nSPS) is 12.3. The van der Waals surface area contributed by atoms with Crippen molar-refractivity contribution in [1.29, 1.82) is 0 Å². The second-order valence-electron chi connectivity index (χ2n) is 4.56. The van der Waals surface area contributed by atoms with Gasteiger partial charge in [-0.3, -0.25) is 0 Å². The highest BCUT2D eigenvalue weighted by atomic mass is 32.2. The highest BCUT2D eigenvalue weighted by molar-refractivity contribution is 7.91. The molecule has 0 unspecified atom stereocenters. The number of benzene rings is 2. The standard InChI is InChI=1S/C15H15NO3S/c1-20(18,19)11-15(16-17)14-9-7-13(8-10-14)12-5-3-2-4-6-12/h2-10,17H,11H2,1H3/b16-15-. The largest absolute Gasteiger partial charge is 0.411 e. The summed E-state index contributed by atoms with van der Waals surface area (Å²) in [7, 11) is -3.24. The molecule has 0 aliphatic carbocycles. The first kappa shape index (κ1) is 14.3. The van der Waals surface area contributed by atoms with Crippen molar-refractivity contribution in [3.8, 4) is 11.1 Å². The van der Waals surface area contributed by atoms with Crippen LogP contribution in [-0.4, -0.2) is 31.3 Å². The summed E-state index contributed by atoms with van der Waals surface area (Å²) in [4.78, 5) is 0. The van der Waals surface area contributed by atoms with E-state index in [0.29, 0.717) is 5.56 Å². The first-order valence-electron chi connectivity index (χ1n) is 6.04. The van der Waals surface area contributed by atoms with Crippen LogP contribution in [0.2, 0.25) is 0 Å². The quantitative estimate of drug-likeness (QED) is 0.534. The summed E-state index contributed by atoms with van der Waals surface area (Å²) in [6.07, 6.45) is 1.11. The first-order valence-corrected chi connectivity index (χ1v) is 8.10. The van der Waals surface area contributed by atoms with Crippen LogP contribution < -0.4 is 0 Å². The predicted molar refractivity (Wildman–Crippen MR) is 79.9 cm³/mol. The molecule has 0 saturated heterocycles. The number of oxime groups is 1. The van der Waals surface area contributed by atoms with Crippen molar-refractivity contribution in [2.75, 3.05) is 12.0 Å². The molecule has 0 atom stereocenters. The van der Waals surface area contributed by atoms with Crippen LogP contribution in [0.15, 0.2) is 59.8 Å². The minimum Gasteiger partial charge on any atom is -0.411 e. The van der Waals surface area contributed by atoms with Crippen LogP contribution in [0.25, 0.3) is 11.1 Å². The Balaban J connectivity index is 2.28. The minimum absolute atomic E-state index is 0.145. The molecule has 0 aliphatic heterocycles. The zero-order valence-corrected chi connectivity index (χ0v) is 11.8. The molecule has 2 rings (SSSR count). The predicted octanol–water partition coefficient (Wildman–Crippen LogP) is 2.58. The Kier molecular flexibility index (Phi) is 4.20. The topological polar surface area (TPSA) is 66.7 Å². The van der Waals surface area contributed by atoms with Gasteiger partial charge in [0.2, 0.25) is 0 Å². The van der Waals surface area contributed by atoms with Crippen molar-refractivity contribution >= 4 is 15.5 Å². The Morgan fingerprint density at radius 2 is 1.55 bits per heavy atom. The van der Waals surface area contributed by atoms with Gasteiger partial charge >= 0.3 is 0 Å². The average Bonchev–Trinajstić information content (AvgIpc) is 2.45. The van der Waals surface area contributed by atoms with Gasteiger partial charge in [-0.2, -0.15) is 0 Å². The van der Waals surface area contributed by atoms with Crippen LogP contribution in [0.4, 0.5) is 0 Å². The second kappa shape index (κ2) is 5.88. The summed E-state index contributed by atoms with van der Waals surface area (Å²) in [5, 5.41) is 12.0. The van der Waals surface area contributed by atoms with Gasteiger partial charge in [-0.1, -0.05) is 59.8 Å². The van der Waals surface area contributed by atoms with Gasteiger partial charge in [-0.15, -0.1) is 0 Å². The molecule has 5 heteroatoms. The lowest BCUT2D eigenvalue weighted by molar-refractivity contribution is 0.319. The number of hydrogen-bond acceptors (Lipinski definition) is 4. The fourth-order valence-corrected chi connectivity index (χ4v) is 2.63. The van der Waals surface area contributed by atoms with Gasteiger partial charge < -0.3 is 5.21 Å². The maximum atomic E-state index is 11.3. The van der Waals surface area contributed by atoms with Crippen molar-refractivity contribution in [1.82, 2.24) is 0 Å². The van der Waals surface area contributed by atoms with E-state index < -0.39 is 9.84 Å². The van der Waals surface area contributed by atoms with E-state index in [-0.39, 0.29) is 11.5 Å². The molecule has 2 aromatic carbocycles. The monoisotopic (exact) mass is 289 g/mol. The van der Waals surface area contributed by atoms with E-state index in [1.54, 1.807) is 12.1 Å². The van der Waals surface area contributed by atoms with Crippen LogP contribution >= 0.6 is 0 Å². The Labute approximate surface area is 118 Å². The highest BCUT2D eigenvalue weighted by Gasteiger charge is 2.12. The van der Waals surface area contributed by atoms with E-state index in [1.807, 2.05) is 42.5 Å². The van der Waals surface area contributed by atoms with Crippen molar-refractivity contribution in [2.45, 2.75) is 0 Å². The third kappa shape index (κ3) is 3.68. The number of rotatable bonds is 4. The van der Waals surface area contributed by atoms with Gasteiger partial charge in [0.25, 0.3) is 0 Å². The Morgan fingerprint density at radius 1 is 1.00 bits per heavy atom. The second-order valence-corrected chi connectivity index (χ2v) is 6.70. The summed E-state index contributed by atoms with van der Waals surface area (Å²) in [6.45, 7) is 0. The van der Waals surface area contributed by atoms with E-state index in [0.717, 1.165) is 17.4 Å². The molecule has 0 radical (unpaired) electrons. The van der Waals surface area contributed by atoms with E-state index in [4.69, 9.17) is 5.21 Å². The van der Waals surface area contributed by atoms with Gasteiger partial charge in [-0.25, -0.2) is 8.42 Å². The maximum absolute atomic E-state index is 11.3. The van der Waals surface area contributed by atoms with Crippen LogP contribution in [0.1, 0.15) is 5.56 Å². The Bertz CT molecular complexity index is 705. The van der Waals surface area contributed by atoms with Crippen molar-refractivity contribution in [3.63, 3.8) is 0 Å². The number of hydrogen-bond donors (Lipinski definition) is 1. The fourth-order valence-electron chi connectivity index (χ4n) is 1.90. The molecule has 1 N–H and O–H groups in total. The summed E-state index contributed by atoms with van der Waals surface area (Å²) < 4.78 is 22.5. The van der Waals surface area contributed by atoms with Gasteiger partial charge in [0.1, 0.15) is 5.71 Å². The molecule has 20 heavy (non-hydrogen) atoms. The highest BCUT2D eigenvalue weighted by Crippen LogP contribution is 2.19. The van der Waals surface area contributed by atoms with Crippen LogP contribution in [0, 0.1) is 0 Å². The molecule has 0 saturated carbocycles. The van der Waals surface area contributed by atoms with Crippen LogP contribution in [-0.2, 0) is 9.84 Å². The zero-order valence-electron chi connectivity index (χ0n) is 11.0. The first-order chi connectivity index (χ1) is 9.49. The Hall–Kier alpha value is -2.14. The molecular formula is C15H15NO3S. The third-order valence-corrected chi connectivity index (χ3v) is 3.64. The lowest BCUT2D eigenvalue weighted by Gasteiger charge is -2.06. The molecule has 0 aromatic heterocycles. The minimum atomic E-state index is -3.24. The van der Waals surface area contributed by atoms with Crippen molar-refractivity contribution in [3.05, 3.63) is 60.2 Å². The van der Waals surface area contributed by atoms with E-state index in [1.165, 1.54) is 0 Å². The molecule has 0 aliphatic rings.